The van der Waals surface area contributed by atoms with E-state index in [-0.39, 0.29) is 5.91 Å². The summed E-state index contributed by atoms with van der Waals surface area (Å²) in [4.78, 5) is 18.6. The molecule has 1 aliphatic heterocycles. The number of aromatic nitrogens is 1. The molecule has 1 N–H and O–H groups in total. The topological polar surface area (TPSA) is 45.2 Å². The molecule has 0 spiro atoms. The molecule has 1 saturated heterocycles. The zero-order chi connectivity index (χ0) is 13.1. The van der Waals surface area contributed by atoms with Gasteiger partial charge in [0.05, 0.1) is 6.54 Å². The summed E-state index contributed by atoms with van der Waals surface area (Å²) in [5, 5.41) is 3.17. The van der Waals surface area contributed by atoms with Crippen molar-refractivity contribution in [2.75, 3.05) is 25.0 Å². The van der Waals surface area contributed by atoms with Crippen LogP contribution in [-0.2, 0) is 17.6 Å². The number of carbonyl (C=O) groups excluding carboxylic acids is 1. The molecule has 1 aromatic rings. The van der Waals surface area contributed by atoms with Crippen molar-refractivity contribution in [2.24, 2.45) is 0 Å². The van der Waals surface area contributed by atoms with Crippen molar-refractivity contribution in [2.45, 2.75) is 38.5 Å². The van der Waals surface area contributed by atoms with Gasteiger partial charge in [-0.2, -0.15) is 0 Å². The first-order valence-electron chi connectivity index (χ1n) is 7.33. The molecule has 0 bridgehead atoms. The van der Waals surface area contributed by atoms with Gasteiger partial charge in [0.15, 0.2) is 0 Å². The summed E-state index contributed by atoms with van der Waals surface area (Å²) >= 11 is 0. The number of hydrogen-bond acceptors (Lipinski definition) is 3. The van der Waals surface area contributed by atoms with E-state index >= 15 is 0 Å². The van der Waals surface area contributed by atoms with Crippen LogP contribution < -0.4 is 5.32 Å². The number of fused-ring (bicyclic) bond motifs is 1. The Bertz CT molecular complexity index is 466. The summed E-state index contributed by atoms with van der Waals surface area (Å²) in [5.41, 5.74) is 2.57. The molecule has 1 aromatic heterocycles. The Balaban J connectivity index is 1.55. The van der Waals surface area contributed by atoms with Gasteiger partial charge in [-0.1, -0.05) is 6.07 Å². The second-order valence-corrected chi connectivity index (χ2v) is 5.45. The van der Waals surface area contributed by atoms with Gasteiger partial charge in [0.2, 0.25) is 5.91 Å². The van der Waals surface area contributed by atoms with Crippen molar-refractivity contribution >= 4 is 11.7 Å². The van der Waals surface area contributed by atoms with Crippen LogP contribution in [0.15, 0.2) is 12.1 Å². The summed E-state index contributed by atoms with van der Waals surface area (Å²) in [6, 6.07) is 4.14. The smallest absolute Gasteiger partial charge is 0.241 e. The third-order valence-electron chi connectivity index (χ3n) is 4.06. The number of aryl methyl sites for hydroxylation is 2. The van der Waals surface area contributed by atoms with Gasteiger partial charge >= 0.3 is 0 Å². The van der Waals surface area contributed by atoms with Crippen LogP contribution in [-0.4, -0.2) is 35.4 Å². The van der Waals surface area contributed by atoms with E-state index < -0.39 is 0 Å². The van der Waals surface area contributed by atoms with Crippen LogP contribution in [0.2, 0.25) is 0 Å². The van der Waals surface area contributed by atoms with Crippen molar-refractivity contribution in [3.63, 3.8) is 0 Å². The van der Waals surface area contributed by atoms with Crippen LogP contribution in [0.1, 0.15) is 36.9 Å². The van der Waals surface area contributed by atoms with E-state index in [0.29, 0.717) is 6.54 Å². The predicted molar refractivity (Wildman–Crippen MR) is 75.2 cm³/mol. The van der Waals surface area contributed by atoms with Gasteiger partial charge in [0.25, 0.3) is 0 Å². The quantitative estimate of drug-likeness (QED) is 0.903. The highest BCUT2D eigenvalue weighted by atomic mass is 16.2. The average molecular weight is 259 g/mol. The molecule has 0 radical (unpaired) electrons. The summed E-state index contributed by atoms with van der Waals surface area (Å²) in [7, 11) is 0. The molecule has 3 rings (SSSR count). The molecule has 19 heavy (non-hydrogen) atoms. The Kier molecular flexibility index (Phi) is 3.67. The molecule has 0 saturated carbocycles. The van der Waals surface area contributed by atoms with Gasteiger partial charge in [0.1, 0.15) is 5.82 Å². The van der Waals surface area contributed by atoms with Crippen LogP contribution in [0.5, 0.6) is 0 Å². The lowest BCUT2D eigenvalue weighted by Gasteiger charge is -2.26. The second kappa shape index (κ2) is 5.59. The van der Waals surface area contributed by atoms with Gasteiger partial charge in [-0.05, 0) is 50.2 Å². The number of anilines is 1. The Labute approximate surface area is 114 Å². The Morgan fingerprint density at radius 2 is 2.00 bits per heavy atom. The Hall–Kier alpha value is -1.58. The van der Waals surface area contributed by atoms with Gasteiger partial charge in [-0.3, -0.25) is 4.79 Å². The molecule has 1 aliphatic carbocycles. The molecule has 4 heteroatoms. The first-order chi connectivity index (χ1) is 9.33. The predicted octanol–water partition coefficient (Wildman–Crippen LogP) is 1.99. The SMILES string of the molecule is O=C(CNc1ccc2c(n1)CCC2)N1CCCCC1. The molecule has 102 valence electrons. The fraction of sp³-hybridized carbons (Fsp3) is 0.600. The highest BCUT2D eigenvalue weighted by Crippen LogP contribution is 2.21. The number of amides is 1. The number of hydrogen-bond donors (Lipinski definition) is 1. The maximum Gasteiger partial charge on any atom is 0.241 e. The van der Waals surface area contributed by atoms with Crippen LogP contribution in [0.25, 0.3) is 0 Å². The van der Waals surface area contributed by atoms with E-state index in [4.69, 9.17) is 0 Å². The first-order valence-corrected chi connectivity index (χ1v) is 7.33. The summed E-state index contributed by atoms with van der Waals surface area (Å²) in [5.74, 6) is 1.04. The molecule has 2 aliphatic rings. The third kappa shape index (κ3) is 2.88. The molecule has 4 nitrogen and oxygen atoms in total. The zero-order valence-corrected chi connectivity index (χ0v) is 11.3. The monoisotopic (exact) mass is 259 g/mol. The summed E-state index contributed by atoms with van der Waals surface area (Å²) in [6.45, 7) is 2.20. The van der Waals surface area contributed by atoms with Crippen LogP contribution in [0, 0.1) is 0 Å². The lowest BCUT2D eigenvalue weighted by Crippen LogP contribution is -2.39. The second-order valence-electron chi connectivity index (χ2n) is 5.45. The lowest BCUT2D eigenvalue weighted by molar-refractivity contribution is -0.130. The van der Waals surface area contributed by atoms with E-state index in [1.807, 2.05) is 11.0 Å². The highest BCUT2D eigenvalue weighted by molar-refractivity contribution is 5.80. The van der Waals surface area contributed by atoms with Crippen molar-refractivity contribution in [3.8, 4) is 0 Å². The Morgan fingerprint density at radius 1 is 1.16 bits per heavy atom. The van der Waals surface area contributed by atoms with E-state index in [1.54, 1.807) is 0 Å². The van der Waals surface area contributed by atoms with Gasteiger partial charge in [0, 0.05) is 18.8 Å². The average Bonchev–Trinajstić information content (AvgIpc) is 2.93. The molecule has 0 atom stereocenters. The number of nitrogens with one attached hydrogen (secondary N) is 1. The van der Waals surface area contributed by atoms with E-state index in [1.165, 1.54) is 24.1 Å². The van der Waals surface area contributed by atoms with Gasteiger partial charge in [-0.15, -0.1) is 0 Å². The number of carbonyl (C=O) groups is 1. The minimum absolute atomic E-state index is 0.196. The number of pyridine rings is 1. The normalized spacial score (nSPS) is 18.2. The molecular weight excluding hydrogens is 238 g/mol. The van der Waals surface area contributed by atoms with Gasteiger partial charge < -0.3 is 10.2 Å². The maximum atomic E-state index is 12.0. The summed E-state index contributed by atoms with van der Waals surface area (Å²) < 4.78 is 0. The number of piperidine rings is 1. The standard InChI is InChI=1S/C15H21N3O/c19-15(18-9-2-1-3-10-18)11-16-14-8-7-12-5-4-6-13(12)17-14/h7-8H,1-6,9-11H2,(H,16,17). The van der Waals surface area contributed by atoms with Crippen LogP contribution in [0.4, 0.5) is 5.82 Å². The number of nitrogens with zero attached hydrogens (tertiary/aromatic N) is 2. The highest BCUT2D eigenvalue weighted by Gasteiger charge is 2.17. The minimum Gasteiger partial charge on any atom is -0.361 e. The number of likely N-dealkylation sites (tertiary alicyclic amines) is 1. The molecule has 0 unspecified atom stereocenters. The van der Waals surface area contributed by atoms with Crippen molar-refractivity contribution in [1.82, 2.24) is 9.88 Å². The fourth-order valence-electron chi connectivity index (χ4n) is 2.94. The first kappa shape index (κ1) is 12.5. The van der Waals surface area contributed by atoms with Crippen LogP contribution in [0.3, 0.4) is 0 Å². The van der Waals surface area contributed by atoms with Crippen molar-refractivity contribution < 1.29 is 4.79 Å². The third-order valence-corrected chi connectivity index (χ3v) is 4.06. The zero-order valence-electron chi connectivity index (χ0n) is 11.3. The largest absolute Gasteiger partial charge is 0.361 e. The molecular formula is C15H21N3O. The maximum absolute atomic E-state index is 12.0. The van der Waals surface area contributed by atoms with E-state index in [0.717, 1.165) is 44.6 Å². The molecule has 2 heterocycles. The van der Waals surface area contributed by atoms with Crippen LogP contribution >= 0.6 is 0 Å². The fourth-order valence-corrected chi connectivity index (χ4v) is 2.94. The minimum atomic E-state index is 0.196. The number of rotatable bonds is 3. The van der Waals surface area contributed by atoms with Gasteiger partial charge in [-0.25, -0.2) is 4.98 Å². The Morgan fingerprint density at radius 3 is 2.84 bits per heavy atom. The molecule has 0 aromatic carbocycles. The van der Waals surface area contributed by atoms with E-state index in [2.05, 4.69) is 16.4 Å². The van der Waals surface area contributed by atoms with Crippen molar-refractivity contribution in [3.05, 3.63) is 23.4 Å². The summed E-state index contributed by atoms with van der Waals surface area (Å²) in [6.07, 6.45) is 6.97. The lowest BCUT2D eigenvalue weighted by atomic mass is 10.1. The molecule has 1 amide bonds. The van der Waals surface area contributed by atoms with Crippen molar-refractivity contribution in [1.29, 1.82) is 0 Å². The van der Waals surface area contributed by atoms with E-state index in [9.17, 15) is 4.79 Å². The molecule has 1 fully saturated rings.